The van der Waals surface area contributed by atoms with Crippen molar-refractivity contribution in [2.24, 2.45) is 0 Å². The van der Waals surface area contributed by atoms with E-state index in [0.29, 0.717) is 5.69 Å². The first-order chi connectivity index (χ1) is 15.5. The number of ether oxygens (including phenoxy) is 1. The van der Waals surface area contributed by atoms with E-state index < -0.39 is 17.6 Å². The maximum atomic E-state index is 12.7. The van der Waals surface area contributed by atoms with Crippen molar-refractivity contribution in [3.8, 4) is 17.0 Å². The van der Waals surface area contributed by atoms with Gasteiger partial charge >= 0.3 is 11.9 Å². The SMILES string of the molecule is OCCNc1nc(Nc2cccc(SC(F)(F)F)c2)cc(-c2cccc(OC(F)(F)F)c2)n1. The van der Waals surface area contributed by atoms with Crippen molar-refractivity contribution in [3.05, 3.63) is 54.6 Å². The second-order valence-electron chi connectivity index (χ2n) is 6.39. The van der Waals surface area contributed by atoms with Gasteiger partial charge < -0.3 is 20.5 Å². The van der Waals surface area contributed by atoms with Crippen LogP contribution in [-0.4, -0.2) is 40.1 Å². The predicted octanol–water partition coefficient (Wildman–Crippen LogP) is 5.80. The molecule has 2 aromatic carbocycles. The minimum Gasteiger partial charge on any atom is -0.406 e. The first-order valence-corrected chi connectivity index (χ1v) is 10.1. The lowest BCUT2D eigenvalue weighted by Crippen LogP contribution is -2.17. The first-order valence-electron chi connectivity index (χ1n) is 9.23. The molecule has 0 aliphatic rings. The number of nitrogens with zero attached hydrogens (tertiary/aromatic N) is 2. The van der Waals surface area contributed by atoms with Gasteiger partial charge in [0.15, 0.2) is 0 Å². The van der Waals surface area contributed by atoms with E-state index in [4.69, 9.17) is 5.11 Å². The molecule has 33 heavy (non-hydrogen) atoms. The highest BCUT2D eigenvalue weighted by atomic mass is 32.2. The molecule has 0 saturated carbocycles. The number of hydrogen-bond donors (Lipinski definition) is 3. The van der Waals surface area contributed by atoms with E-state index in [1.165, 1.54) is 42.5 Å². The molecule has 0 bridgehead atoms. The lowest BCUT2D eigenvalue weighted by Gasteiger charge is -2.13. The molecule has 0 saturated heterocycles. The van der Waals surface area contributed by atoms with E-state index in [2.05, 4.69) is 25.3 Å². The van der Waals surface area contributed by atoms with Crippen molar-refractivity contribution in [3.63, 3.8) is 0 Å². The predicted molar refractivity (Wildman–Crippen MR) is 111 cm³/mol. The number of anilines is 3. The van der Waals surface area contributed by atoms with Crippen LogP contribution in [0.1, 0.15) is 0 Å². The van der Waals surface area contributed by atoms with Crippen LogP contribution >= 0.6 is 11.8 Å². The number of hydrogen-bond acceptors (Lipinski definition) is 7. The van der Waals surface area contributed by atoms with Gasteiger partial charge in [-0.1, -0.05) is 18.2 Å². The molecular weight excluding hydrogens is 474 g/mol. The summed E-state index contributed by atoms with van der Waals surface area (Å²) >= 11 is -0.273. The summed E-state index contributed by atoms with van der Waals surface area (Å²) in [6.45, 7) is -0.139. The minimum atomic E-state index is -4.87. The Hall–Kier alpha value is -3.19. The Morgan fingerprint density at radius 1 is 0.939 bits per heavy atom. The summed E-state index contributed by atoms with van der Waals surface area (Å²) < 4.78 is 79.6. The molecule has 0 spiro atoms. The molecule has 3 rings (SSSR count). The Balaban J connectivity index is 1.93. The zero-order valence-electron chi connectivity index (χ0n) is 16.5. The van der Waals surface area contributed by atoms with Crippen LogP contribution in [0.25, 0.3) is 11.3 Å². The van der Waals surface area contributed by atoms with Crippen molar-refractivity contribution in [2.75, 3.05) is 23.8 Å². The van der Waals surface area contributed by atoms with E-state index >= 15 is 0 Å². The summed E-state index contributed by atoms with van der Waals surface area (Å²) in [4.78, 5) is 8.37. The number of thioether (sulfide) groups is 1. The zero-order valence-corrected chi connectivity index (χ0v) is 17.4. The quantitative estimate of drug-likeness (QED) is 0.272. The molecule has 0 aliphatic carbocycles. The van der Waals surface area contributed by atoms with Crippen molar-refractivity contribution < 1.29 is 36.2 Å². The molecular formula is C20H16F6N4O2S. The molecule has 6 nitrogen and oxygen atoms in total. The number of alkyl halides is 6. The fourth-order valence-corrected chi connectivity index (χ4v) is 3.28. The highest BCUT2D eigenvalue weighted by Crippen LogP contribution is 2.38. The van der Waals surface area contributed by atoms with Crippen LogP contribution in [0.5, 0.6) is 5.75 Å². The number of aromatic nitrogens is 2. The summed E-state index contributed by atoms with van der Waals surface area (Å²) in [6.07, 6.45) is -4.87. The molecule has 0 fully saturated rings. The Morgan fingerprint density at radius 2 is 1.70 bits per heavy atom. The van der Waals surface area contributed by atoms with Gasteiger partial charge in [0.1, 0.15) is 11.6 Å². The molecule has 0 aliphatic heterocycles. The van der Waals surface area contributed by atoms with E-state index in [-0.39, 0.29) is 52.8 Å². The Kier molecular flexibility index (Phi) is 7.53. The van der Waals surface area contributed by atoms with Crippen LogP contribution in [0.15, 0.2) is 59.5 Å². The maximum absolute atomic E-state index is 12.7. The topological polar surface area (TPSA) is 79.3 Å². The van der Waals surface area contributed by atoms with Gasteiger partial charge in [0.2, 0.25) is 5.95 Å². The number of aliphatic hydroxyl groups is 1. The van der Waals surface area contributed by atoms with Crippen LogP contribution < -0.4 is 15.4 Å². The summed E-state index contributed by atoms with van der Waals surface area (Å²) in [6, 6.07) is 12.1. The molecule has 3 aromatic rings. The Labute approximate surface area is 188 Å². The summed E-state index contributed by atoms with van der Waals surface area (Å²) in [5, 5.41) is 14.6. The van der Waals surface area contributed by atoms with Crippen LogP contribution in [0.2, 0.25) is 0 Å². The number of aliphatic hydroxyl groups excluding tert-OH is 1. The van der Waals surface area contributed by atoms with E-state index in [0.717, 1.165) is 12.1 Å². The van der Waals surface area contributed by atoms with Crippen molar-refractivity contribution in [1.82, 2.24) is 9.97 Å². The number of rotatable bonds is 8. The molecule has 3 N–H and O–H groups in total. The number of benzene rings is 2. The first kappa shape index (κ1) is 24.5. The van der Waals surface area contributed by atoms with Gasteiger partial charge in [0, 0.05) is 28.8 Å². The molecule has 1 heterocycles. The zero-order chi connectivity index (χ0) is 24.1. The summed E-state index contributed by atoms with van der Waals surface area (Å²) in [7, 11) is 0. The number of nitrogens with one attached hydrogen (secondary N) is 2. The van der Waals surface area contributed by atoms with Gasteiger partial charge in [-0.2, -0.15) is 18.2 Å². The fourth-order valence-electron chi connectivity index (χ4n) is 2.68. The Bertz CT molecular complexity index is 1090. The van der Waals surface area contributed by atoms with E-state index in [1.54, 1.807) is 0 Å². The average molecular weight is 490 g/mol. The highest BCUT2D eigenvalue weighted by molar-refractivity contribution is 8.00. The molecule has 1 aromatic heterocycles. The van der Waals surface area contributed by atoms with Gasteiger partial charge in [-0.05, 0) is 42.1 Å². The molecule has 0 atom stereocenters. The molecule has 13 heteroatoms. The normalized spacial score (nSPS) is 11.8. The monoisotopic (exact) mass is 490 g/mol. The second kappa shape index (κ2) is 10.2. The molecule has 176 valence electrons. The smallest absolute Gasteiger partial charge is 0.406 e. The minimum absolute atomic E-state index is 0.0441. The van der Waals surface area contributed by atoms with E-state index in [9.17, 15) is 26.3 Å². The largest absolute Gasteiger partial charge is 0.573 e. The van der Waals surface area contributed by atoms with Crippen LogP contribution in [-0.2, 0) is 0 Å². The second-order valence-corrected chi connectivity index (χ2v) is 7.53. The molecule has 0 amide bonds. The third kappa shape index (κ3) is 8.02. The van der Waals surface area contributed by atoms with Crippen LogP contribution in [0, 0.1) is 0 Å². The van der Waals surface area contributed by atoms with Gasteiger partial charge in [0.25, 0.3) is 0 Å². The third-order valence-electron chi connectivity index (χ3n) is 3.82. The van der Waals surface area contributed by atoms with Crippen molar-refractivity contribution >= 4 is 29.2 Å². The standard InChI is InChI=1S/C20H16F6N4O2S/c21-19(22,23)32-14-5-1-3-12(9-14)16-11-17(30-18(29-16)27-7-8-31)28-13-4-2-6-15(10-13)33-20(24,25)26/h1-6,9-11,31H,7-8H2,(H2,27,28,29,30). The highest BCUT2D eigenvalue weighted by Gasteiger charge is 2.31. The van der Waals surface area contributed by atoms with E-state index in [1.807, 2.05) is 0 Å². The van der Waals surface area contributed by atoms with Gasteiger partial charge in [-0.15, -0.1) is 13.2 Å². The van der Waals surface area contributed by atoms with Gasteiger partial charge in [0.05, 0.1) is 12.3 Å². The Morgan fingerprint density at radius 3 is 2.39 bits per heavy atom. The summed E-state index contributed by atoms with van der Waals surface area (Å²) in [5.74, 6) is -0.237. The fraction of sp³-hybridized carbons (Fsp3) is 0.200. The lowest BCUT2D eigenvalue weighted by atomic mass is 10.1. The van der Waals surface area contributed by atoms with Crippen molar-refractivity contribution in [1.29, 1.82) is 0 Å². The van der Waals surface area contributed by atoms with Gasteiger partial charge in [-0.25, -0.2) is 4.98 Å². The van der Waals surface area contributed by atoms with Crippen LogP contribution in [0.3, 0.4) is 0 Å². The average Bonchev–Trinajstić information content (AvgIpc) is 2.70. The van der Waals surface area contributed by atoms with Crippen LogP contribution in [0.4, 0.5) is 43.8 Å². The van der Waals surface area contributed by atoms with Gasteiger partial charge in [-0.3, -0.25) is 0 Å². The van der Waals surface area contributed by atoms with Crippen molar-refractivity contribution in [2.45, 2.75) is 16.8 Å². The third-order valence-corrected chi connectivity index (χ3v) is 4.55. The number of halogens is 6. The molecule has 0 unspecified atom stereocenters. The lowest BCUT2D eigenvalue weighted by molar-refractivity contribution is -0.274. The maximum Gasteiger partial charge on any atom is 0.573 e. The molecule has 0 radical (unpaired) electrons. The summed E-state index contributed by atoms with van der Waals surface area (Å²) in [5.41, 5.74) is -3.67.